The molecule has 0 bridgehead atoms. The number of carbonyl (C=O) groups excluding carboxylic acids is 1. The van der Waals surface area contributed by atoms with Crippen LogP contribution in [0.1, 0.15) is 39.0 Å². The van der Waals surface area contributed by atoms with Gasteiger partial charge in [0, 0.05) is 19.3 Å². The van der Waals surface area contributed by atoms with Crippen molar-refractivity contribution in [3.63, 3.8) is 0 Å². The highest BCUT2D eigenvalue weighted by Gasteiger charge is 2.26. The third-order valence-electron chi connectivity index (χ3n) is 3.78. The Morgan fingerprint density at radius 1 is 1.29 bits per heavy atom. The molecule has 2 saturated heterocycles. The van der Waals surface area contributed by atoms with Gasteiger partial charge in [-0.25, -0.2) is 0 Å². The topological polar surface area (TPSA) is 50.4 Å². The summed E-state index contributed by atoms with van der Waals surface area (Å²) in [5.41, 5.74) is 0. The molecule has 3 unspecified atom stereocenters. The van der Waals surface area contributed by atoms with Gasteiger partial charge in [0.15, 0.2) is 0 Å². The Balaban J connectivity index is 1.78. The van der Waals surface area contributed by atoms with E-state index in [1.165, 1.54) is 6.42 Å². The molecule has 0 saturated carbocycles. The summed E-state index contributed by atoms with van der Waals surface area (Å²) < 4.78 is 5.40. The lowest BCUT2D eigenvalue weighted by Crippen LogP contribution is -2.51. The Kier molecular flexibility index (Phi) is 4.80. The zero-order valence-corrected chi connectivity index (χ0v) is 10.7. The summed E-state index contributed by atoms with van der Waals surface area (Å²) in [4.78, 5) is 12.1. The molecule has 2 aliphatic rings. The molecule has 0 aromatic carbocycles. The van der Waals surface area contributed by atoms with Crippen molar-refractivity contribution >= 4 is 5.91 Å². The Morgan fingerprint density at radius 3 is 3.00 bits per heavy atom. The van der Waals surface area contributed by atoms with E-state index < -0.39 is 0 Å². The van der Waals surface area contributed by atoms with E-state index in [0.717, 1.165) is 45.4 Å². The van der Waals surface area contributed by atoms with Crippen molar-refractivity contribution in [2.24, 2.45) is 5.92 Å². The molecule has 0 aliphatic carbocycles. The van der Waals surface area contributed by atoms with Gasteiger partial charge in [-0.3, -0.25) is 4.79 Å². The Labute approximate surface area is 103 Å². The predicted molar refractivity (Wildman–Crippen MR) is 66.8 cm³/mol. The molecule has 0 aromatic heterocycles. The van der Waals surface area contributed by atoms with E-state index in [9.17, 15) is 4.79 Å². The minimum atomic E-state index is 0.0166. The second kappa shape index (κ2) is 6.36. The van der Waals surface area contributed by atoms with Gasteiger partial charge in [-0.05, 0) is 44.6 Å². The van der Waals surface area contributed by atoms with Gasteiger partial charge in [0.2, 0.25) is 5.91 Å². The van der Waals surface area contributed by atoms with Gasteiger partial charge in [-0.1, -0.05) is 6.92 Å². The zero-order valence-electron chi connectivity index (χ0n) is 10.7. The normalized spacial score (nSPS) is 35.0. The van der Waals surface area contributed by atoms with Gasteiger partial charge in [-0.2, -0.15) is 0 Å². The number of ether oxygens (including phenoxy) is 1. The van der Waals surface area contributed by atoms with Crippen molar-refractivity contribution in [1.82, 2.24) is 10.6 Å². The molecule has 0 spiro atoms. The molecule has 98 valence electrons. The third kappa shape index (κ3) is 3.96. The number of amides is 1. The van der Waals surface area contributed by atoms with Gasteiger partial charge >= 0.3 is 0 Å². The standard InChI is InChI=1S/C13H24N2O2/c1-10-4-6-14-12(9-10)13(16)15-11-3-2-7-17-8-5-11/h10-12,14H,2-9H2,1H3,(H,15,16). The fourth-order valence-corrected chi connectivity index (χ4v) is 2.66. The molecular formula is C13H24N2O2. The maximum Gasteiger partial charge on any atom is 0.237 e. The largest absolute Gasteiger partial charge is 0.381 e. The van der Waals surface area contributed by atoms with Crippen molar-refractivity contribution in [2.75, 3.05) is 19.8 Å². The molecule has 17 heavy (non-hydrogen) atoms. The van der Waals surface area contributed by atoms with Gasteiger partial charge in [-0.15, -0.1) is 0 Å². The Morgan fingerprint density at radius 2 is 2.18 bits per heavy atom. The highest BCUT2D eigenvalue weighted by Crippen LogP contribution is 2.16. The van der Waals surface area contributed by atoms with Crippen molar-refractivity contribution in [2.45, 2.75) is 51.1 Å². The lowest BCUT2D eigenvalue weighted by molar-refractivity contribution is -0.124. The number of hydrogen-bond donors (Lipinski definition) is 2. The minimum absolute atomic E-state index is 0.0166. The van der Waals surface area contributed by atoms with E-state index in [-0.39, 0.29) is 11.9 Å². The summed E-state index contributed by atoms with van der Waals surface area (Å²) >= 11 is 0. The number of rotatable bonds is 2. The van der Waals surface area contributed by atoms with Crippen LogP contribution in [0, 0.1) is 5.92 Å². The molecule has 0 aromatic rings. The van der Waals surface area contributed by atoms with E-state index in [1.807, 2.05) is 0 Å². The lowest BCUT2D eigenvalue weighted by atomic mass is 9.93. The molecule has 0 radical (unpaired) electrons. The van der Waals surface area contributed by atoms with E-state index >= 15 is 0 Å². The van der Waals surface area contributed by atoms with Crippen LogP contribution in [0.15, 0.2) is 0 Å². The smallest absolute Gasteiger partial charge is 0.237 e. The molecule has 2 rings (SSSR count). The van der Waals surface area contributed by atoms with Crippen molar-refractivity contribution in [3.05, 3.63) is 0 Å². The SMILES string of the molecule is CC1CCNC(C(=O)NC2CCCOCC2)C1. The van der Waals surface area contributed by atoms with Crippen LogP contribution in [-0.2, 0) is 9.53 Å². The molecule has 2 heterocycles. The lowest BCUT2D eigenvalue weighted by Gasteiger charge is -2.28. The van der Waals surface area contributed by atoms with Crippen LogP contribution in [-0.4, -0.2) is 37.7 Å². The van der Waals surface area contributed by atoms with E-state index in [1.54, 1.807) is 0 Å². The van der Waals surface area contributed by atoms with Crippen molar-refractivity contribution < 1.29 is 9.53 Å². The molecular weight excluding hydrogens is 216 g/mol. The fourth-order valence-electron chi connectivity index (χ4n) is 2.66. The van der Waals surface area contributed by atoms with Gasteiger partial charge in [0.05, 0.1) is 6.04 Å². The molecule has 3 atom stereocenters. The first kappa shape index (κ1) is 12.8. The second-order valence-corrected chi connectivity index (χ2v) is 5.39. The molecule has 4 heteroatoms. The van der Waals surface area contributed by atoms with Crippen LogP contribution >= 0.6 is 0 Å². The van der Waals surface area contributed by atoms with E-state index in [4.69, 9.17) is 4.74 Å². The Bertz CT molecular complexity index is 250. The number of carbonyl (C=O) groups is 1. The van der Waals surface area contributed by atoms with Gasteiger partial charge in [0.25, 0.3) is 0 Å². The average molecular weight is 240 g/mol. The maximum atomic E-state index is 12.1. The highest BCUT2D eigenvalue weighted by molar-refractivity contribution is 5.82. The van der Waals surface area contributed by atoms with Crippen LogP contribution in [0.4, 0.5) is 0 Å². The molecule has 2 aliphatic heterocycles. The predicted octanol–water partition coefficient (Wildman–Crippen LogP) is 1.06. The molecule has 2 fully saturated rings. The molecule has 2 N–H and O–H groups in total. The molecule has 4 nitrogen and oxygen atoms in total. The summed E-state index contributed by atoms with van der Waals surface area (Å²) in [5.74, 6) is 0.841. The van der Waals surface area contributed by atoms with E-state index in [0.29, 0.717) is 12.0 Å². The Hall–Kier alpha value is -0.610. The first-order valence-corrected chi connectivity index (χ1v) is 6.87. The second-order valence-electron chi connectivity index (χ2n) is 5.39. The van der Waals surface area contributed by atoms with Gasteiger partial charge < -0.3 is 15.4 Å². The van der Waals surface area contributed by atoms with E-state index in [2.05, 4.69) is 17.6 Å². The third-order valence-corrected chi connectivity index (χ3v) is 3.78. The highest BCUT2D eigenvalue weighted by atomic mass is 16.5. The van der Waals surface area contributed by atoms with Gasteiger partial charge in [0.1, 0.15) is 0 Å². The summed E-state index contributed by atoms with van der Waals surface area (Å²) in [6.45, 7) is 4.80. The zero-order chi connectivity index (χ0) is 12.1. The van der Waals surface area contributed by atoms with Crippen molar-refractivity contribution in [3.8, 4) is 0 Å². The van der Waals surface area contributed by atoms with Crippen LogP contribution in [0.2, 0.25) is 0 Å². The average Bonchev–Trinajstić information content (AvgIpc) is 2.57. The molecule has 1 amide bonds. The van der Waals surface area contributed by atoms with Crippen LogP contribution in [0.25, 0.3) is 0 Å². The number of hydrogen-bond acceptors (Lipinski definition) is 3. The fraction of sp³-hybridized carbons (Fsp3) is 0.923. The van der Waals surface area contributed by atoms with Crippen LogP contribution in [0.5, 0.6) is 0 Å². The first-order valence-electron chi connectivity index (χ1n) is 6.87. The summed E-state index contributed by atoms with van der Waals surface area (Å²) in [5, 5.41) is 6.48. The van der Waals surface area contributed by atoms with Crippen LogP contribution in [0.3, 0.4) is 0 Å². The number of nitrogens with one attached hydrogen (secondary N) is 2. The summed E-state index contributed by atoms with van der Waals surface area (Å²) in [6, 6.07) is 0.326. The monoisotopic (exact) mass is 240 g/mol. The van der Waals surface area contributed by atoms with Crippen molar-refractivity contribution in [1.29, 1.82) is 0 Å². The number of piperidine rings is 1. The van der Waals surface area contributed by atoms with Crippen LogP contribution < -0.4 is 10.6 Å². The first-order chi connectivity index (χ1) is 8.25. The quantitative estimate of drug-likeness (QED) is 0.759. The minimum Gasteiger partial charge on any atom is -0.381 e. The summed E-state index contributed by atoms with van der Waals surface area (Å²) in [7, 11) is 0. The summed E-state index contributed by atoms with van der Waals surface area (Å²) in [6.07, 6.45) is 5.21. The maximum absolute atomic E-state index is 12.1.